The van der Waals surface area contributed by atoms with Crippen LogP contribution in [0.1, 0.15) is 10.4 Å². The van der Waals surface area contributed by atoms with Gasteiger partial charge in [-0.15, -0.1) is 0 Å². The number of aldehydes is 1. The van der Waals surface area contributed by atoms with Gasteiger partial charge in [-0.25, -0.2) is 9.13 Å². The van der Waals surface area contributed by atoms with Crippen molar-refractivity contribution in [1.82, 2.24) is 4.57 Å². The molecule has 0 unspecified atom stereocenters. The second-order valence-corrected chi connectivity index (χ2v) is 3.58. The van der Waals surface area contributed by atoms with E-state index >= 15 is 0 Å². The van der Waals surface area contributed by atoms with Crippen molar-refractivity contribution in [2.75, 3.05) is 0 Å². The van der Waals surface area contributed by atoms with Crippen LogP contribution in [0.15, 0.2) is 36.7 Å². The zero-order valence-corrected chi connectivity index (χ0v) is 8.84. The fraction of sp³-hybridized carbons (Fsp3) is 0.167. The van der Waals surface area contributed by atoms with E-state index in [0.717, 1.165) is 17.7 Å². The van der Waals surface area contributed by atoms with E-state index in [2.05, 4.69) is 9.13 Å². The monoisotopic (exact) mass is 201 g/mol. The molecule has 0 aliphatic carbocycles. The van der Waals surface area contributed by atoms with Crippen molar-refractivity contribution in [1.29, 1.82) is 0 Å². The Morgan fingerprint density at radius 2 is 1.93 bits per heavy atom. The summed E-state index contributed by atoms with van der Waals surface area (Å²) in [5, 5.41) is 0. The van der Waals surface area contributed by atoms with Gasteiger partial charge in [0, 0.05) is 5.56 Å². The maximum atomic E-state index is 10.5. The van der Waals surface area contributed by atoms with E-state index in [-0.39, 0.29) is 0 Å². The van der Waals surface area contributed by atoms with Crippen molar-refractivity contribution >= 4 is 6.29 Å². The largest absolute Gasteiger partial charge is 0.298 e. The first kappa shape index (κ1) is 9.65. The van der Waals surface area contributed by atoms with E-state index in [1.54, 1.807) is 0 Å². The molecule has 0 aliphatic rings. The van der Waals surface area contributed by atoms with E-state index in [1.807, 2.05) is 50.8 Å². The van der Waals surface area contributed by atoms with Gasteiger partial charge in [0.2, 0.25) is 0 Å². The van der Waals surface area contributed by atoms with E-state index in [1.165, 1.54) is 0 Å². The highest BCUT2D eigenvalue weighted by molar-refractivity contribution is 5.75. The van der Waals surface area contributed by atoms with Gasteiger partial charge in [0.1, 0.15) is 18.7 Å². The second-order valence-electron chi connectivity index (χ2n) is 3.58. The van der Waals surface area contributed by atoms with Gasteiger partial charge in [0.15, 0.2) is 0 Å². The van der Waals surface area contributed by atoms with Gasteiger partial charge >= 0.3 is 0 Å². The van der Waals surface area contributed by atoms with Gasteiger partial charge in [-0.05, 0) is 12.1 Å². The van der Waals surface area contributed by atoms with Crippen molar-refractivity contribution in [3.05, 3.63) is 42.2 Å². The molecular formula is C12H13N2O+. The minimum Gasteiger partial charge on any atom is -0.298 e. The van der Waals surface area contributed by atoms with Crippen LogP contribution in [0, 0.1) is 0 Å². The normalized spacial score (nSPS) is 10.3. The van der Waals surface area contributed by atoms with Gasteiger partial charge in [0.25, 0.3) is 5.82 Å². The Bertz CT molecular complexity index is 463. The van der Waals surface area contributed by atoms with Crippen molar-refractivity contribution in [3.8, 4) is 11.4 Å². The van der Waals surface area contributed by atoms with Crippen LogP contribution in [-0.2, 0) is 14.1 Å². The molecule has 3 heteroatoms. The van der Waals surface area contributed by atoms with E-state index in [9.17, 15) is 4.79 Å². The van der Waals surface area contributed by atoms with Gasteiger partial charge in [-0.2, -0.15) is 0 Å². The van der Waals surface area contributed by atoms with Gasteiger partial charge < -0.3 is 0 Å². The summed E-state index contributed by atoms with van der Waals surface area (Å²) in [6, 6.07) is 7.57. The summed E-state index contributed by atoms with van der Waals surface area (Å²) < 4.78 is 4.10. The Hall–Kier alpha value is -1.90. The van der Waals surface area contributed by atoms with Crippen molar-refractivity contribution in [2.45, 2.75) is 0 Å². The Kier molecular flexibility index (Phi) is 2.37. The topological polar surface area (TPSA) is 25.9 Å². The maximum Gasteiger partial charge on any atom is 0.288 e. The van der Waals surface area contributed by atoms with Crippen LogP contribution in [0.2, 0.25) is 0 Å². The summed E-state index contributed by atoms with van der Waals surface area (Å²) in [5.74, 6) is 1.12. The van der Waals surface area contributed by atoms with Crippen LogP contribution in [0.5, 0.6) is 0 Å². The Morgan fingerprint density at radius 1 is 1.27 bits per heavy atom. The average Bonchev–Trinajstić information content (AvgIpc) is 2.59. The van der Waals surface area contributed by atoms with E-state index in [4.69, 9.17) is 0 Å². The van der Waals surface area contributed by atoms with Crippen LogP contribution in [0.4, 0.5) is 0 Å². The van der Waals surface area contributed by atoms with Crippen molar-refractivity contribution in [3.63, 3.8) is 0 Å². The van der Waals surface area contributed by atoms with Crippen LogP contribution < -0.4 is 4.57 Å². The smallest absolute Gasteiger partial charge is 0.288 e. The number of aryl methyl sites for hydroxylation is 2. The molecule has 0 fully saturated rings. The summed E-state index contributed by atoms with van der Waals surface area (Å²) >= 11 is 0. The minimum atomic E-state index is 0.704. The Balaban J connectivity index is 2.50. The zero-order valence-electron chi connectivity index (χ0n) is 8.84. The molecular weight excluding hydrogens is 188 g/mol. The van der Waals surface area contributed by atoms with Gasteiger partial charge in [0.05, 0.1) is 19.7 Å². The highest BCUT2D eigenvalue weighted by atomic mass is 16.1. The van der Waals surface area contributed by atoms with Crippen LogP contribution in [-0.4, -0.2) is 10.9 Å². The molecule has 1 heterocycles. The number of carbonyl (C=O) groups is 1. The number of rotatable bonds is 2. The lowest BCUT2D eigenvalue weighted by atomic mass is 10.1. The summed E-state index contributed by atoms with van der Waals surface area (Å²) in [6.45, 7) is 0. The van der Waals surface area contributed by atoms with Crippen LogP contribution in [0.25, 0.3) is 11.4 Å². The first-order valence-electron chi connectivity index (χ1n) is 4.79. The summed E-state index contributed by atoms with van der Waals surface area (Å²) in [6.07, 6.45) is 4.86. The molecule has 76 valence electrons. The third-order valence-corrected chi connectivity index (χ3v) is 2.49. The lowest BCUT2D eigenvalue weighted by molar-refractivity contribution is -0.659. The zero-order chi connectivity index (χ0) is 10.8. The number of benzene rings is 1. The molecule has 3 nitrogen and oxygen atoms in total. The Labute approximate surface area is 88.6 Å². The van der Waals surface area contributed by atoms with Gasteiger partial charge in [-0.3, -0.25) is 4.79 Å². The first-order valence-corrected chi connectivity index (χ1v) is 4.79. The first-order chi connectivity index (χ1) is 7.22. The number of aromatic nitrogens is 2. The van der Waals surface area contributed by atoms with E-state index in [0.29, 0.717) is 5.56 Å². The third kappa shape index (κ3) is 1.68. The number of carbonyl (C=O) groups excluding carboxylic acids is 1. The summed E-state index contributed by atoms with van der Waals surface area (Å²) in [4.78, 5) is 10.5. The number of hydrogen-bond acceptors (Lipinski definition) is 1. The molecule has 0 spiro atoms. The number of imidazole rings is 1. The number of nitrogens with zero attached hydrogens (tertiary/aromatic N) is 2. The SMILES string of the molecule is Cn1cc[n+](C)c1-c1ccc(C=O)cc1. The average molecular weight is 201 g/mol. The van der Waals surface area contributed by atoms with Gasteiger partial charge in [-0.1, -0.05) is 12.1 Å². The quantitative estimate of drug-likeness (QED) is 0.531. The summed E-state index contributed by atoms with van der Waals surface area (Å²) in [7, 11) is 4.01. The molecule has 0 aliphatic heterocycles. The molecule has 2 rings (SSSR count). The lowest BCUT2D eigenvalue weighted by Gasteiger charge is -1.98. The minimum absolute atomic E-state index is 0.704. The molecule has 0 saturated heterocycles. The molecule has 15 heavy (non-hydrogen) atoms. The highest BCUT2D eigenvalue weighted by Crippen LogP contribution is 2.14. The molecule has 0 saturated carbocycles. The molecule has 0 atom stereocenters. The molecule has 0 radical (unpaired) electrons. The fourth-order valence-electron chi connectivity index (χ4n) is 1.71. The molecule has 0 N–H and O–H groups in total. The fourth-order valence-corrected chi connectivity index (χ4v) is 1.71. The van der Waals surface area contributed by atoms with Crippen LogP contribution in [0.3, 0.4) is 0 Å². The van der Waals surface area contributed by atoms with Crippen molar-refractivity contribution in [2.24, 2.45) is 14.1 Å². The highest BCUT2D eigenvalue weighted by Gasteiger charge is 2.13. The number of hydrogen-bond donors (Lipinski definition) is 0. The lowest BCUT2D eigenvalue weighted by Crippen LogP contribution is -2.28. The van der Waals surface area contributed by atoms with Crippen LogP contribution >= 0.6 is 0 Å². The summed E-state index contributed by atoms with van der Waals surface area (Å²) in [5.41, 5.74) is 1.81. The van der Waals surface area contributed by atoms with Crippen molar-refractivity contribution < 1.29 is 9.36 Å². The van der Waals surface area contributed by atoms with E-state index < -0.39 is 0 Å². The maximum absolute atomic E-state index is 10.5. The molecule has 2 aromatic rings. The predicted octanol–water partition coefficient (Wildman–Crippen LogP) is 1.33. The molecule has 1 aromatic heterocycles. The predicted molar refractivity (Wildman–Crippen MR) is 57.4 cm³/mol. The third-order valence-electron chi connectivity index (χ3n) is 2.49. The molecule has 1 aromatic carbocycles. The molecule has 0 bridgehead atoms. The standard InChI is InChI=1S/C12H13N2O/c1-13-7-8-14(2)12(13)11-5-3-10(9-15)4-6-11/h3-9H,1-2H3/q+1. The Morgan fingerprint density at radius 3 is 2.40 bits per heavy atom. The second kappa shape index (κ2) is 3.69. The molecule has 0 amide bonds.